The van der Waals surface area contributed by atoms with Gasteiger partial charge in [-0.3, -0.25) is 0 Å². The van der Waals surface area contributed by atoms with Crippen molar-refractivity contribution < 1.29 is 4.90 Å². The van der Waals surface area contributed by atoms with Crippen molar-refractivity contribution in [2.45, 2.75) is 21.2 Å². The molecule has 0 amide bonds. The van der Waals surface area contributed by atoms with Gasteiger partial charge in [-0.25, -0.2) is 0 Å². The van der Waals surface area contributed by atoms with Gasteiger partial charge in [-0.1, -0.05) is 23.4 Å². The molecule has 0 fully saturated rings. The van der Waals surface area contributed by atoms with Crippen LogP contribution in [0.25, 0.3) is 0 Å². The third-order valence-corrected chi connectivity index (χ3v) is 4.96. The zero-order valence-electron chi connectivity index (χ0n) is 11.9. The van der Waals surface area contributed by atoms with E-state index in [-0.39, 0.29) is 0 Å². The van der Waals surface area contributed by atoms with Gasteiger partial charge in [-0.05, 0) is 48.7 Å². The van der Waals surface area contributed by atoms with E-state index in [0.717, 1.165) is 11.6 Å². The van der Waals surface area contributed by atoms with Crippen molar-refractivity contribution >= 4 is 35.1 Å². The van der Waals surface area contributed by atoms with Crippen molar-refractivity contribution in [1.29, 1.82) is 0 Å². The van der Waals surface area contributed by atoms with E-state index in [1.807, 2.05) is 6.07 Å². The average Bonchev–Trinajstić information content (AvgIpc) is 2.42. The van der Waals surface area contributed by atoms with E-state index in [4.69, 9.17) is 11.6 Å². The molecule has 1 nitrogen and oxygen atoms in total. The number of halogens is 1. The smallest absolute Gasteiger partial charge is 0.104 e. The molecule has 0 radical (unpaired) electrons. The van der Waals surface area contributed by atoms with Gasteiger partial charge in [-0.15, -0.1) is 11.8 Å². The largest absolute Gasteiger partial charge is 0.336 e. The number of benzene rings is 2. The minimum atomic E-state index is 0.809. The second kappa shape index (κ2) is 7.41. The monoisotopic (exact) mass is 324 g/mol. The van der Waals surface area contributed by atoms with E-state index < -0.39 is 0 Å². The first-order chi connectivity index (χ1) is 9.58. The molecule has 1 N–H and O–H groups in total. The Kier molecular flexibility index (Phi) is 5.85. The third-order valence-electron chi connectivity index (χ3n) is 2.85. The highest BCUT2D eigenvalue weighted by Gasteiger charge is 2.08. The number of hydrogen-bond acceptors (Lipinski definition) is 2. The Hall–Kier alpha value is -0.610. The maximum atomic E-state index is 6.12. The topological polar surface area (TPSA) is 4.44 Å². The Bertz CT molecular complexity index is 567. The Morgan fingerprint density at radius 1 is 1.00 bits per heavy atom. The molecule has 0 aromatic heterocycles. The maximum Gasteiger partial charge on any atom is 0.104 e. The first kappa shape index (κ1) is 15.8. The van der Waals surface area contributed by atoms with Gasteiger partial charge in [0.25, 0.3) is 0 Å². The number of hydrogen-bond donors (Lipinski definition) is 1. The van der Waals surface area contributed by atoms with Gasteiger partial charge in [0.2, 0.25) is 0 Å². The predicted octanol–water partition coefficient (Wildman–Crippen LogP) is 3.86. The molecule has 0 aliphatic carbocycles. The Morgan fingerprint density at radius 3 is 2.25 bits per heavy atom. The predicted molar refractivity (Wildman–Crippen MR) is 90.3 cm³/mol. The van der Waals surface area contributed by atoms with Crippen LogP contribution in [0.1, 0.15) is 5.56 Å². The maximum absolute atomic E-state index is 6.12. The molecule has 2 aromatic carbocycles. The molecule has 4 heteroatoms. The zero-order valence-corrected chi connectivity index (χ0v) is 14.3. The molecule has 2 rings (SSSR count). The zero-order chi connectivity index (χ0) is 14.5. The summed E-state index contributed by atoms with van der Waals surface area (Å²) in [4.78, 5) is 5.24. The molecule has 0 bridgehead atoms. The minimum absolute atomic E-state index is 0.809. The quantitative estimate of drug-likeness (QED) is 0.833. The Labute approximate surface area is 134 Å². The molecule has 20 heavy (non-hydrogen) atoms. The van der Waals surface area contributed by atoms with E-state index in [2.05, 4.69) is 56.7 Å². The lowest BCUT2D eigenvalue weighted by Crippen LogP contribution is -3.04. The molecule has 2 aromatic rings. The summed E-state index contributed by atoms with van der Waals surface area (Å²) in [7, 11) is 4.31. The van der Waals surface area contributed by atoms with Crippen LogP contribution in [0.2, 0.25) is 5.02 Å². The Balaban J connectivity index is 2.22. The highest BCUT2D eigenvalue weighted by molar-refractivity contribution is 7.99. The number of rotatable bonds is 5. The van der Waals surface area contributed by atoms with Crippen molar-refractivity contribution in [2.75, 3.05) is 20.4 Å². The van der Waals surface area contributed by atoms with Crippen LogP contribution < -0.4 is 4.90 Å². The summed E-state index contributed by atoms with van der Waals surface area (Å²) in [6, 6.07) is 14.9. The molecule has 0 saturated carbocycles. The summed E-state index contributed by atoms with van der Waals surface area (Å²) in [5.74, 6) is 0. The van der Waals surface area contributed by atoms with E-state index in [1.54, 1.807) is 23.5 Å². The standard InChI is InChI=1S/C16H18ClNS2/c1-18(2)11-12-10-13(17)4-9-16(12)20-15-7-5-14(19-3)6-8-15/h4-10H,11H2,1-3H3/p+1. The van der Waals surface area contributed by atoms with Crippen LogP contribution in [0.15, 0.2) is 57.2 Å². The lowest BCUT2D eigenvalue weighted by Gasteiger charge is -2.12. The van der Waals surface area contributed by atoms with Gasteiger partial charge in [0.1, 0.15) is 6.54 Å². The number of thioether (sulfide) groups is 1. The molecule has 0 unspecified atom stereocenters. The van der Waals surface area contributed by atoms with E-state index >= 15 is 0 Å². The van der Waals surface area contributed by atoms with Crippen LogP contribution in [0, 0.1) is 0 Å². The van der Waals surface area contributed by atoms with Gasteiger partial charge in [0.15, 0.2) is 0 Å². The normalized spacial score (nSPS) is 11.1. The SMILES string of the molecule is CSc1ccc(Sc2ccc(Cl)cc2C[NH+](C)C)cc1. The summed E-state index contributed by atoms with van der Waals surface area (Å²) in [6.07, 6.45) is 2.10. The average molecular weight is 325 g/mol. The van der Waals surface area contributed by atoms with Crippen LogP contribution in [0.5, 0.6) is 0 Å². The van der Waals surface area contributed by atoms with Gasteiger partial charge in [0.05, 0.1) is 14.1 Å². The lowest BCUT2D eigenvalue weighted by atomic mass is 10.2. The van der Waals surface area contributed by atoms with E-state index in [1.165, 1.54) is 25.1 Å². The van der Waals surface area contributed by atoms with Gasteiger partial charge in [-0.2, -0.15) is 0 Å². The summed E-state index contributed by atoms with van der Waals surface area (Å²) < 4.78 is 0. The number of quaternary nitrogens is 1. The molecule has 0 aliphatic rings. The van der Waals surface area contributed by atoms with Crippen LogP contribution >= 0.6 is 35.1 Å². The van der Waals surface area contributed by atoms with Crippen molar-refractivity contribution in [3.8, 4) is 0 Å². The first-order valence-electron chi connectivity index (χ1n) is 6.48. The molecule has 0 aliphatic heterocycles. The summed E-state index contributed by atoms with van der Waals surface area (Å²) in [6.45, 7) is 0.978. The second-order valence-electron chi connectivity index (χ2n) is 4.91. The molecule has 0 heterocycles. The minimum Gasteiger partial charge on any atom is -0.336 e. The molecule has 0 atom stereocenters. The first-order valence-corrected chi connectivity index (χ1v) is 8.90. The summed E-state index contributed by atoms with van der Waals surface area (Å²) in [5.41, 5.74) is 1.30. The van der Waals surface area contributed by atoms with Crippen molar-refractivity contribution in [2.24, 2.45) is 0 Å². The summed E-state index contributed by atoms with van der Waals surface area (Å²) in [5, 5.41) is 0.809. The molecule has 106 valence electrons. The molecular formula is C16H19ClNS2+. The van der Waals surface area contributed by atoms with Crippen LogP contribution in [0.3, 0.4) is 0 Å². The lowest BCUT2D eigenvalue weighted by molar-refractivity contribution is -0.872. The van der Waals surface area contributed by atoms with Gasteiger partial charge < -0.3 is 4.90 Å². The fraction of sp³-hybridized carbons (Fsp3) is 0.250. The highest BCUT2D eigenvalue weighted by Crippen LogP contribution is 2.32. The fourth-order valence-electron chi connectivity index (χ4n) is 1.94. The van der Waals surface area contributed by atoms with Gasteiger partial charge in [0, 0.05) is 25.3 Å². The van der Waals surface area contributed by atoms with Crippen LogP contribution in [0.4, 0.5) is 0 Å². The Morgan fingerprint density at radius 2 is 1.65 bits per heavy atom. The van der Waals surface area contributed by atoms with E-state index in [9.17, 15) is 0 Å². The molecular weight excluding hydrogens is 306 g/mol. The highest BCUT2D eigenvalue weighted by atomic mass is 35.5. The molecule has 0 saturated heterocycles. The van der Waals surface area contributed by atoms with Gasteiger partial charge >= 0.3 is 0 Å². The summed E-state index contributed by atoms with van der Waals surface area (Å²) >= 11 is 9.69. The second-order valence-corrected chi connectivity index (χ2v) is 7.34. The van der Waals surface area contributed by atoms with Crippen LogP contribution in [-0.2, 0) is 6.54 Å². The number of nitrogens with one attached hydrogen (secondary N) is 1. The molecule has 0 spiro atoms. The van der Waals surface area contributed by atoms with Crippen molar-refractivity contribution in [3.05, 3.63) is 53.1 Å². The van der Waals surface area contributed by atoms with Crippen molar-refractivity contribution in [1.82, 2.24) is 0 Å². The van der Waals surface area contributed by atoms with Crippen LogP contribution in [-0.4, -0.2) is 20.4 Å². The van der Waals surface area contributed by atoms with Crippen molar-refractivity contribution in [3.63, 3.8) is 0 Å². The van der Waals surface area contributed by atoms with E-state index in [0.29, 0.717) is 0 Å². The fourth-order valence-corrected chi connectivity index (χ4v) is 3.46. The third kappa shape index (κ3) is 4.45.